The average molecular weight is 337 g/mol. The van der Waals surface area contributed by atoms with Crippen molar-refractivity contribution in [2.75, 3.05) is 11.1 Å². The second-order valence-electron chi connectivity index (χ2n) is 7.07. The van der Waals surface area contributed by atoms with E-state index in [1.165, 1.54) is 19.3 Å². The molecule has 0 unspecified atom stereocenters. The first-order valence-electron chi connectivity index (χ1n) is 8.89. The molecule has 0 amide bonds. The molecule has 2 aliphatic carbocycles. The minimum Gasteiger partial charge on any atom is -0.398 e. The van der Waals surface area contributed by atoms with Crippen molar-refractivity contribution in [1.82, 2.24) is 14.5 Å². The largest absolute Gasteiger partial charge is 0.398 e. The van der Waals surface area contributed by atoms with Crippen LogP contribution in [0, 0.1) is 12.8 Å². The zero-order valence-corrected chi connectivity index (χ0v) is 14.6. The van der Waals surface area contributed by atoms with Crippen molar-refractivity contribution in [2.24, 2.45) is 5.92 Å². The fourth-order valence-corrected chi connectivity index (χ4v) is 3.65. The van der Waals surface area contributed by atoms with Crippen LogP contribution < -0.4 is 16.6 Å². The summed E-state index contributed by atoms with van der Waals surface area (Å²) in [6.07, 6.45) is 12.3. The molecule has 2 atom stereocenters. The maximum Gasteiger partial charge on any atom is 0.261 e. The summed E-state index contributed by atoms with van der Waals surface area (Å²) >= 11 is 0. The lowest BCUT2D eigenvalue weighted by Gasteiger charge is -2.29. The Morgan fingerprint density at radius 2 is 2.08 bits per heavy atom. The van der Waals surface area contributed by atoms with Gasteiger partial charge in [-0.3, -0.25) is 9.36 Å². The zero-order valence-electron chi connectivity index (χ0n) is 14.6. The number of hydrogen-bond acceptors (Lipinski definition) is 5. The standard InChI is InChI=1S/C19H23N5O/c1-11-6-3-4-9-15(11)22-19-21-10-14-16(20)12(2)18(25)24(17(14)23-19)13-7-5-8-13/h5,7-8,10-11,15H,3-4,6,9,20H2,1-2H3,(H,21,22,23)/t11-,15-/m1/s1. The second-order valence-corrected chi connectivity index (χ2v) is 7.07. The maximum atomic E-state index is 12.7. The lowest BCUT2D eigenvalue weighted by molar-refractivity contribution is 0.348. The predicted octanol–water partition coefficient (Wildman–Crippen LogP) is 3.08. The van der Waals surface area contributed by atoms with Gasteiger partial charge in [0, 0.05) is 17.8 Å². The van der Waals surface area contributed by atoms with Crippen LogP contribution in [0.2, 0.25) is 0 Å². The Bertz CT molecular complexity index is 956. The van der Waals surface area contributed by atoms with E-state index in [-0.39, 0.29) is 5.56 Å². The lowest BCUT2D eigenvalue weighted by Crippen LogP contribution is -2.31. The van der Waals surface area contributed by atoms with Crippen molar-refractivity contribution >= 4 is 28.4 Å². The van der Waals surface area contributed by atoms with Gasteiger partial charge in [0.05, 0.1) is 16.8 Å². The van der Waals surface area contributed by atoms with E-state index >= 15 is 0 Å². The van der Waals surface area contributed by atoms with Gasteiger partial charge in [0.15, 0.2) is 5.65 Å². The van der Waals surface area contributed by atoms with E-state index in [1.54, 1.807) is 17.7 Å². The molecule has 6 heteroatoms. The Balaban J connectivity index is 1.81. The molecule has 0 saturated heterocycles. The summed E-state index contributed by atoms with van der Waals surface area (Å²) in [5.74, 6) is 1.15. The second kappa shape index (κ2) is 6.02. The number of nitrogens with zero attached hydrogens (tertiary/aromatic N) is 3. The molecule has 2 heterocycles. The third-order valence-corrected chi connectivity index (χ3v) is 5.42. The van der Waals surface area contributed by atoms with E-state index in [0.29, 0.717) is 40.2 Å². The Labute approximate surface area is 146 Å². The number of rotatable bonds is 3. The molecule has 130 valence electrons. The van der Waals surface area contributed by atoms with E-state index in [4.69, 9.17) is 5.73 Å². The van der Waals surface area contributed by atoms with Crippen LogP contribution in [-0.2, 0) is 0 Å². The van der Waals surface area contributed by atoms with Crippen LogP contribution >= 0.6 is 0 Å². The van der Waals surface area contributed by atoms with Gasteiger partial charge in [0.25, 0.3) is 5.56 Å². The number of allylic oxidation sites excluding steroid dienone is 4. The summed E-state index contributed by atoms with van der Waals surface area (Å²) in [7, 11) is 0. The smallest absolute Gasteiger partial charge is 0.261 e. The number of nitrogens with one attached hydrogen (secondary N) is 1. The molecule has 2 aliphatic rings. The van der Waals surface area contributed by atoms with Crippen LogP contribution in [0.5, 0.6) is 0 Å². The minimum absolute atomic E-state index is 0.128. The molecule has 4 rings (SSSR count). The first-order valence-corrected chi connectivity index (χ1v) is 8.89. The van der Waals surface area contributed by atoms with Crippen LogP contribution in [0.4, 0.5) is 11.6 Å². The van der Waals surface area contributed by atoms with E-state index in [0.717, 1.165) is 12.1 Å². The van der Waals surface area contributed by atoms with Gasteiger partial charge in [0.1, 0.15) is 0 Å². The molecule has 25 heavy (non-hydrogen) atoms. The normalized spacial score (nSPS) is 22.6. The Hall–Kier alpha value is -2.63. The third-order valence-electron chi connectivity index (χ3n) is 5.42. The third kappa shape index (κ3) is 2.62. The summed E-state index contributed by atoms with van der Waals surface area (Å²) in [6.45, 7) is 4.01. The van der Waals surface area contributed by atoms with Gasteiger partial charge in [-0.1, -0.05) is 25.8 Å². The van der Waals surface area contributed by atoms with E-state index in [9.17, 15) is 4.79 Å². The number of fused-ring (bicyclic) bond motifs is 1. The molecular weight excluding hydrogens is 314 g/mol. The summed E-state index contributed by atoms with van der Waals surface area (Å²) in [6, 6.07) is 0.372. The monoisotopic (exact) mass is 337 g/mol. The van der Waals surface area contributed by atoms with Crippen LogP contribution in [0.25, 0.3) is 16.7 Å². The lowest BCUT2D eigenvalue weighted by atomic mass is 9.86. The van der Waals surface area contributed by atoms with Gasteiger partial charge in [-0.05, 0) is 37.8 Å². The van der Waals surface area contributed by atoms with Gasteiger partial charge >= 0.3 is 0 Å². The van der Waals surface area contributed by atoms with Crippen LogP contribution in [0.1, 0.15) is 38.2 Å². The van der Waals surface area contributed by atoms with Gasteiger partial charge in [-0.2, -0.15) is 4.98 Å². The maximum absolute atomic E-state index is 12.7. The molecule has 1 fully saturated rings. The molecule has 0 bridgehead atoms. The molecule has 2 aromatic heterocycles. The number of anilines is 2. The van der Waals surface area contributed by atoms with E-state index in [2.05, 4.69) is 22.2 Å². The molecule has 0 radical (unpaired) electrons. The van der Waals surface area contributed by atoms with Crippen LogP contribution in [-0.4, -0.2) is 20.6 Å². The van der Waals surface area contributed by atoms with E-state index in [1.807, 2.05) is 18.2 Å². The SMILES string of the molecule is Cc1c(N)c2cnc(N[C@@H]3CCCC[C@H]3C)nc2n(C2=CC=C2)c1=O. The number of nitrogens with two attached hydrogens (primary N) is 1. The van der Waals surface area contributed by atoms with Crippen molar-refractivity contribution in [1.29, 1.82) is 0 Å². The topological polar surface area (TPSA) is 85.8 Å². The highest BCUT2D eigenvalue weighted by molar-refractivity contribution is 5.92. The van der Waals surface area contributed by atoms with Crippen molar-refractivity contribution in [3.8, 4) is 0 Å². The quantitative estimate of drug-likeness (QED) is 0.899. The van der Waals surface area contributed by atoms with Crippen molar-refractivity contribution < 1.29 is 0 Å². The van der Waals surface area contributed by atoms with Crippen molar-refractivity contribution in [3.05, 3.63) is 40.3 Å². The fourth-order valence-electron chi connectivity index (χ4n) is 3.65. The number of nitrogen functional groups attached to an aromatic ring is 1. The highest BCUT2D eigenvalue weighted by Gasteiger charge is 2.23. The van der Waals surface area contributed by atoms with Crippen LogP contribution in [0.15, 0.2) is 29.2 Å². The van der Waals surface area contributed by atoms with E-state index < -0.39 is 0 Å². The molecule has 3 N–H and O–H groups in total. The van der Waals surface area contributed by atoms with Crippen molar-refractivity contribution in [3.63, 3.8) is 0 Å². The highest BCUT2D eigenvalue weighted by atomic mass is 16.1. The Morgan fingerprint density at radius 3 is 2.76 bits per heavy atom. The molecule has 0 spiro atoms. The minimum atomic E-state index is -0.128. The molecular formula is C19H23N5O. The Morgan fingerprint density at radius 1 is 1.32 bits per heavy atom. The number of pyridine rings is 1. The van der Waals surface area contributed by atoms with Gasteiger partial charge < -0.3 is 11.1 Å². The summed E-state index contributed by atoms with van der Waals surface area (Å²) in [5, 5.41) is 4.17. The molecule has 6 nitrogen and oxygen atoms in total. The van der Waals surface area contributed by atoms with Gasteiger partial charge in [-0.15, -0.1) is 0 Å². The molecule has 0 aliphatic heterocycles. The Kier molecular flexibility index (Phi) is 3.82. The highest BCUT2D eigenvalue weighted by Crippen LogP contribution is 2.28. The first kappa shape index (κ1) is 15.9. The van der Waals surface area contributed by atoms with Crippen molar-refractivity contribution in [2.45, 2.75) is 45.6 Å². The van der Waals surface area contributed by atoms with Gasteiger partial charge in [0.2, 0.25) is 5.95 Å². The molecule has 1 saturated carbocycles. The molecule has 2 aromatic rings. The summed E-state index contributed by atoms with van der Waals surface area (Å²) in [4.78, 5) is 21.8. The zero-order chi connectivity index (χ0) is 17.6. The summed E-state index contributed by atoms with van der Waals surface area (Å²) < 4.78 is 1.62. The predicted molar refractivity (Wildman–Crippen MR) is 101 cm³/mol. The summed E-state index contributed by atoms with van der Waals surface area (Å²) in [5.41, 5.74) is 8.39. The fraction of sp³-hybridized carbons (Fsp3) is 0.421. The van der Waals surface area contributed by atoms with Crippen LogP contribution in [0.3, 0.4) is 0 Å². The average Bonchev–Trinajstić information content (AvgIpc) is 2.57. The number of aromatic nitrogens is 3. The molecule has 0 aromatic carbocycles. The number of hydrogen-bond donors (Lipinski definition) is 2. The van der Waals surface area contributed by atoms with Gasteiger partial charge in [-0.25, -0.2) is 4.98 Å². The first-order chi connectivity index (χ1) is 12.1.